The summed E-state index contributed by atoms with van der Waals surface area (Å²) >= 11 is 0. The Hall–Kier alpha value is -1.75. The van der Waals surface area contributed by atoms with Gasteiger partial charge in [-0.2, -0.15) is 0 Å². The van der Waals surface area contributed by atoms with E-state index in [9.17, 15) is 9.90 Å². The van der Waals surface area contributed by atoms with Crippen molar-refractivity contribution in [3.63, 3.8) is 0 Å². The van der Waals surface area contributed by atoms with E-state index >= 15 is 0 Å². The molecule has 1 aliphatic rings. The summed E-state index contributed by atoms with van der Waals surface area (Å²) in [5.74, 6) is -0.964. The van der Waals surface area contributed by atoms with Gasteiger partial charge in [-0.15, -0.1) is 0 Å². The number of hydrogen-bond donors (Lipinski definition) is 2. The minimum Gasteiger partial charge on any atom is -0.478 e. The minimum absolute atomic E-state index is 0.235. The molecular weight excluding hydrogens is 256 g/mol. The van der Waals surface area contributed by atoms with Crippen LogP contribution in [0, 0.1) is 0 Å². The molecule has 0 radical (unpaired) electrons. The summed E-state index contributed by atoms with van der Waals surface area (Å²) in [5, 5.41) is 9.37. The standard InChI is InChI=1S/C15H22N2O3/c1-14(2)8-17(9-15(3,4)20-14)12-10(13(18)19)6-5-7-11(12)16/h5-7H,8-9,16H2,1-4H3,(H,18,19). The lowest BCUT2D eigenvalue weighted by Crippen LogP contribution is -2.57. The normalized spacial score (nSPS) is 20.7. The molecule has 0 spiro atoms. The van der Waals surface area contributed by atoms with E-state index in [4.69, 9.17) is 10.5 Å². The second-order valence-electron chi connectivity index (χ2n) is 6.53. The number of nitrogen functional groups attached to an aromatic ring is 1. The Morgan fingerprint density at radius 1 is 1.25 bits per heavy atom. The first-order valence-electron chi connectivity index (χ1n) is 6.68. The largest absolute Gasteiger partial charge is 0.478 e. The van der Waals surface area contributed by atoms with Crippen molar-refractivity contribution in [2.45, 2.75) is 38.9 Å². The molecule has 0 bridgehead atoms. The molecule has 1 saturated heterocycles. The maximum atomic E-state index is 11.4. The van der Waals surface area contributed by atoms with E-state index in [0.717, 1.165) is 0 Å². The lowest BCUT2D eigenvalue weighted by atomic mass is 9.97. The minimum atomic E-state index is -0.964. The van der Waals surface area contributed by atoms with Crippen LogP contribution in [0.1, 0.15) is 38.1 Å². The Morgan fingerprint density at radius 2 is 1.80 bits per heavy atom. The summed E-state index contributed by atoms with van der Waals surface area (Å²) in [6.07, 6.45) is 0. The van der Waals surface area contributed by atoms with Crippen LogP contribution in [-0.2, 0) is 4.74 Å². The summed E-state index contributed by atoms with van der Waals surface area (Å²) in [6.45, 7) is 9.21. The first kappa shape index (κ1) is 14.7. The van der Waals surface area contributed by atoms with E-state index < -0.39 is 5.97 Å². The fourth-order valence-corrected chi connectivity index (χ4v) is 3.03. The van der Waals surface area contributed by atoms with E-state index in [1.54, 1.807) is 18.2 Å². The molecule has 0 aliphatic carbocycles. The van der Waals surface area contributed by atoms with Gasteiger partial charge in [0, 0.05) is 13.1 Å². The van der Waals surface area contributed by atoms with E-state index in [2.05, 4.69) is 0 Å². The quantitative estimate of drug-likeness (QED) is 0.812. The first-order chi connectivity index (χ1) is 9.11. The lowest BCUT2D eigenvalue weighted by molar-refractivity contribution is -0.133. The van der Waals surface area contributed by atoms with Gasteiger partial charge in [-0.05, 0) is 39.8 Å². The number of para-hydroxylation sites is 1. The van der Waals surface area contributed by atoms with Gasteiger partial charge in [0.2, 0.25) is 0 Å². The number of carboxylic acids is 1. The third-order valence-corrected chi connectivity index (χ3v) is 3.31. The molecular formula is C15H22N2O3. The monoisotopic (exact) mass is 278 g/mol. The van der Waals surface area contributed by atoms with Gasteiger partial charge >= 0.3 is 5.97 Å². The fourth-order valence-electron chi connectivity index (χ4n) is 3.03. The SMILES string of the molecule is CC1(C)CN(c2c(N)cccc2C(=O)O)CC(C)(C)O1. The number of aromatic carboxylic acids is 1. The van der Waals surface area contributed by atoms with Crippen LogP contribution in [0.5, 0.6) is 0 Å². The van der Waals surface area contributed by atoms with Crippen LogP contribution in [-0.4, -0.2) is 35.4 Å². The predicted molar refractivity (Wildman–Crippen MR) is 79.3 cm³/mol. The van der Waals surface area contributed by atoms with Gasteiger partial charge < -0.3 is 20.5 Å². The summed E-state index contributed by atoms with van der Waals surface area (Å²) < 4.78 is 6.02. The highest BCUT2D eigenvalue weighted by atomic mass is 16.5. The number of anilines is 2. The molecule has 0 amide bonds. The summed E-state index contributed by atoms with van der Waals surface area (Å²) in [4.78, 5) is 13.4. The summed E-state index contributed by atoms with van der Waals surface area (Å²) in [7, 11) is 0. The molecule has 0 atom stereocenters. The Morgan fingerprint density at radius 3 is 2.30 bits per heavy atom. The number of hydrogen-bond acceptors (Lipinski definition) is 4. The molecule has 110 valence electrons. The number of nitrogens with zero attached hydrogens (tertiary/aromatic N) is 1. The molecule has 0 saturated carbocycles. The van der Waals surface area contributed by atoms with Gasteiger partial charge in [0.25, 0.3) is 0 Å². The Balaban J connectivity index is 2.48. The van der Waals surface area contributed by atoms with Crippen LogP contribution in [0.15, 0.2) is 18.2 Å². The molecule has 1 aromatic carbocycles. The smallest absolute Gasteiger partial charge is 0.337 e. The summed E-state index contributed by atoms with van der Waals surface area (Å²) in [6, 6.07) is 4.99. The number of rotatable bonds is 2. The zero-order valence-electron chi connectivity index (χ0n) is 12.4. The topological polar surface area (TPSA) is 75.8 Å². The van der Waals surface area contributed by atoms with E-state index in [1.165, 1.54) is 0 Å². The number of carboxylic acid groups (broad SMARTS) is 1. The molecule has 1 aliphatic heterocycles. The number of carbonyl (C=O) groups is 1. The molecule has 5 heteroatoms. The molecule has 0 unspecified atom stereocenters. The summed E-state index contributed by atoms with van der Waals surface area (Å²) in [5.41, 5.74) is 6.61. The number of ether oxygens (including phenoxy) is 1. The molecule has 2 rings (SSSR count). The van der Waals surface area contributed by atoms with Crippen molar-refractivity contribution in [3.05, 3.63) is 23.8 Å². The number of nitrogens with two attached hydrogens (primary N) is 1. The van der Waals surface area contributed by atoms with Gasteiger partial charge in [-0.1, -0.05) is 6.07 Å². The Labute approximate surface area is 119 Å². The van der Waals surface area contributed by atoms with Crippen LogP contribution in [0.3, 0.4) is 0 Å². The van der Waals surface area contributed by atoms with Crippen molar-refractivity contribution in [1.82, 2.24) is 0 Å². The Bertz CT molecular complexity index is 522. The van der Waals surface area contributed by atoms with E-state index in [-0.39, 0.29) is 16.8 Å². The van der Waals surface area contributed by atoms with E-state index in [0.29, 0.717) is 24.5 Å². The first-order valence-corrected chi connectivity index (χ1v) is 6.68. The van der Waals surface area contributed by atoms with Crippen LogP contribution < -0.4 is 10.6 Å². The fraction of sp³-hybridized carbons (Fsp3) is 0.533. The van der Waals surface area contributed by atoms with Crippen molar-refractivity contribution < 1.29 is 14.6 Å². The maximum absolute atomic E-state index is 11.4. The highest BCUT2D eigenvalue weighted by Gasteiger charge is 2.39. The lowest BCUT2D eigenvalue weighted by Gasteiger charge is -2.48. The highest BCUT2D eigenvalue weighted by Crippen LogP contribution is 2.36. The average molecular weight is 278 g/mol. The van der Waals surface area contributed by atoms with Crippen LogP contribution in [0.4, 0.5) is 11.4 Å². The third kappa shape index (κ3) is 2.88. The predicted octanol–water partition coefficient (Wildman–Crippen LogP) is 2.36. The third-order valence-electron chi connectivity index (χ3n) is 3.31. The van der Waals surface area contributed by atoms with Crippen LogP contribution in [0.2, 0.25) is 0 Å². The van der Waals surface area contributed by atoms with Gasteiger partial charge in [0.1, 0.15) is 0 Å². The second-order valence-corrected chi connectivity index (χ2v) is 6.53. The molecule has 1 fully saturated rings. The molecule has 1 heterocycles. The molecule has 0 aromatic heterocycles. The van der Waals surface area contributed by atoms with E-state index in [1.807, 2.05) is 32.6 Å². The molecule has 5 nitrogen and oxygen atoms in total. The number of morpholine rings is 1. The van der Waals surface area contributed by atoms with Crippen molar-refractivity contribution in [2.75, 3.05) is 23.7 Å². The zero-order chi connectivity index (χ0) is 15.1. The molecule has 1 aromatic rings. The van der Waals surface area contributed by atoms with Crippen LogP contribution >= 0.6 is 0 Å². The molecule has 20 heavy (non-hydrogen) atoms. The van der Waals surface area contributed by atoms with Crippen molar-refractivity contribution in [1.29, 1.82) is 0 Å². The van der Waals surface area contributed by atoms with Crippen LogP contribution in [0.25, 0.3) is 0 Å². The highest BCUT2D eigenvalue weighted by molar-refractivity contribution is 5.98. The second kappa shape index (κ2) is 4.66. The van der Waals surface area contributed by atoms with Crippen molar-refractivity contribution in [3.8, 4) is 0 Å². The zero-order valence-corrected chi connectivity index (χ0v) is 12.4. The number of benzene rings is 1. The van der Waals surface area contributed by atoms with Crippen molar-refractivity contribution in [2.24, 2.45) is 0 Å². The van der Waals surface area contributed by atoms with Gasteiger partial charge in [0.05, 0.1) is 28.1 Å². The Kier molecular flexibility index (Phi) is 3.42. The van der Waals surface area contributed by atoms with Crippen molar-refractivity contribution >= 4 is 17.3 Å². The average Bonchev–Trinajstić information content (AvgIpc) is 2.23. The van der Waals surface area contributed by atoms with Gasteiger partial charge in [0.15, 0.2) is 0 Å². The maximum Gasteiger partial charge on any atom is 0.337 e. The van der Waals surface area contributed by atoms with Gasteiger partial charge in [-0.3, -0.25) is 0 Å². The molecule has 3 N–H and O–H groups in total. The van der Waals surface area contributed by atoms with Gasteiger partial charge in [-0.25, -0.2) is 4.79 Å².